The van der Waals surface area contributed by atoms with E-state index in [-0.39, 0.29) is 6.04 Å². The topological polar surface area (TPSA) is 79.2 Å². The van der Waals surface area contributed by atoms with Crippen LogP contribution in [0, 0.1) is 5.92 Å². The van der Waals surface area contributed by atoms with Crippen LogP contribution in [0.5, 0.6) is 11.5 Å². The second-order valence-corrected chi connectivity index (χ2v) is 9.47. The van der Waals surface area contributed by atoms with Crippen LogP contribution in [0.1, 0.15) is 50.2 Å². The molecule has 2 aliphatic heterocycles. The van der Waals surface area contributed by atoms with E-state index in [1.807, 2.05) is 6.07 Å². The van der Waals surface area contributed by atoms with Crippen LogP contribution in [0.25, 0.3) is 0 Å². The molecule has 1 unspecified atom stereocenters. The van der Waals surface area contributed by atoms with Gasteiger partial charge in [-0.05, 0) is 62.6 Å². The van der Waals surface area contributed by atoms with Gasteiger partial charge in [-0.15, -0.1) is 0 Å². The molecule has 3 fully saturated rings. The molecule has 1 aromatic carbocycles. The summed E-state index contributed by atoms with van der Waals surface area (Å²) in [5.74, 6) is 1.34. The maximum absolute atomic E-state index is 12.2. The normalized spacial score (nSPS) is 40.6. The van der Waals surface area contributed by atoms with Gasteiger partial charge in [-0.2, -0.15) is 0 Å². The number of ether oxygens (including phenoxy) is 2. The molecule has 2 heterocycles. The van der Waals surface area contributed by atoms with Crippen molar-refractivity contribution in [2.45, 2.75) is 74.7 Å². The molecule has 0 radical (unpaired) electrons. The van der Waals surface area contributed by atoms with Crippen LogP contribution >= 0.6 is 0 Å². The van der Waals surface area contributed by atoms with Crippen molar-refractivity contribution in [2.75, 3.05) is 13.1 Å². The molecule has 0 amide bonds. The number of nitrogens with zero attached hydrogens (tertiary/aromatic N) is 1. The number of hydrogen-bond acceptors (Lipinski definition) is 6. The Labute approximate surface area is 164 Å². The highest BCUT2D eigenvalue weighted by molar-refractivity contribution is 5.72. The number of aliphatic hydroxyl groups excluding tert-OH is 1. The van der Waals surface area contributed by atoms with Crippen molar-refractivity contribution < 1.29 is 24.5 Å². The van der Waals surface area contributed by atoms with Gasteiger partial charge in [0.15, 0.2) is 11.5 Å². The Bertz CT molecular complexity index is 867. The second kappa shape index (κ2) is 5.49. The van der Waals surface area contributed by atoms with E-state index in [0.29, 0.717) is 24.3 Å². The van der Waals surface area contributed by atoms with Crippen molar-refractivity contribution in [3.05, 3.63) is 23.3 Å². The van der Waals surface area contributed by atoms with Gasteiger partial charge in [-0.25, -0.2) is 0 Å². The number of piperidine rings is 1. The molecule has 6 heteroatoms. The van der Waals surface area contributed by atoms with Crippen LogP contribution in [0.2, 0.25) is 0 Å². The number of benzene rings is 1. The third kappa shape index (κ3) is 2.01. The average molecular weight is 385 g/mol. The fourth-order valence-electron chi connectivity index (χ4n) is 6.68. The number of carbonyl (C=O) groups excluding carboxylic acids is 1. The maximum atomic E-state index is 12.2. The van der Waals surface area contributed by atoms with Gasteiger partial charge in [0.05, 0.1) is 17.1 Å². The Morgan fingerprint density at radius 3 is 2.89 bits per heavy atom. The molecular formula is C22H27NO5. The van der Waals surface area contributed by atoms with E-state index in [2.05, 4.69) is 4.90 Å². The highest BCUT2D eigenvalue weighted by atomic mass is 16.6. The molecule has 6 rings (SSSR count). The Morgan fingerprint density at radius 1 is 1.32 bits per heavy atom. The first-order valence-corrected chi connectivity index (χ1v) is 10.6. The summed E-state index contributed by atoms with van der Waals surface area (Å²) >= 11 is 0. The van der Waals surface area contributed by atoms with Crippen molar-refractivity contribution in [3.63, 3.8) is 0 Å². The minimum Gasteiger partial charge on any atom is -0.482 e. The largest absolute Gasteiger partial charge is 0.482 e. The summed E-state index contributed by atoms with van der Waals surface area (Å²) in [6.07, 6.45) is 4.13. The fourth-order valence-corrected chi connectivity index (χ4v) is 6.68. The minimum atomic E-state index is -0.920. The molecule has 1 aromatic rings. The third-order valence-electron chi connectivity index (χ3n) is 7.97. The van der Waals surface area contributed by atoms with Crippen LogP contribution in [0.3, 0.4) is 0 Å². The van der Waals surface area contributed by atoms with Gasteiger partial charge >= 0.3 is 5.97 Å². The monoisotopic (exact) mass is 385 g/mol. The lowest BCUT2D eigenvalue weighted by Crippen LogP contribution is -2.77. The van der Waals surface area contributed by atoms with Gasteiger partial charge in [0, 0.05) is 25.1 Å². The maximum Gasteiger partial charge on any atom is 0.308 e. The van der Waals surface area contributed by atoms with E-state index < -0.39 is 29.2 Å². The van der Waals surface area contributed by atoms with E-state index in [9.17, 15) is 15.0 Å². The van der Waals surface area contributed by atoms with Crippen molar-refractivity contribution in [3.8, 4) is 11.5 Å². The van der Waals surface area contributed by atoms with E-state index in [1.165, 1.54) is 19.8 Å². The zero-order valence-corrected chi connectivity index (χ0v) is 16.2. The van der Waals surface area contributed by atoms with Crippen molar-refractivity contribution >= 4 is 5.97 Å². The fraction of sp³-hybridized carbons (Fsp3) is 0.682. The van der Waals surface area contributed by atoms with E-state index in [4.69, 9.17) is 9.47 Å². The van der Waals surface area contributed by atoms with Crippen molar-refractivity contribution in [2.24, 2.45) is 5.92 Å². The van der Waals surface area contributed by atoms with E-state index >= 15 is 0 Å². The number of rotatable bonds is 3. The Hall–Kier alpha value is -1.63. The first-order valence-electron chi connectivity index (χ1n) is 10.6. The molecule has 2 N–H and O–H groups in total. The number of carbonyl (C=O) groups is 1. The molecule has 28 heavy (non-hydrogen) atoms. The standard InChI is InChI=1S/C22H27NO5/c1-12(24)27-16-5-4-14-10-17-22(26)7-6-15(25)20-21(22,18(14)19(16)28-20)8-9-23(17)11-13-2-3-13/h4-5,13,15,17,20,25-26H,2-3,6-11H2,1H3/t15-,17-,20+,21+,22?/m1/s1. The first-order chi connectivity index (χ1) is 13.4. The SMILES string of the molecule is CC(=O)Oc1ccc2c3c1O[C@H]1[C@H](O)CCC4(O)[C@@H](C2)N(CC2CC2)CC[C@]314. The zero-order valence-electron chi connectivity index (χ0n) is 16.2. The lowest BCUT2D eigenvalue weighted by molar-refractivity contribution is -0.208. The molecule has 6 nitrogen and oxygen atoms in total. The number of esters is 1. The molecule has 1 saturated heterocycles. The highest BCUT2D eigenvalue weighted by Gasteiger charge is 2.73. The van der Waals surface area contributed by atoms with Crippen LogP contribution in [-0.4, -0.2) is 58.0 Å². The van der Waals surface area contributed by atoms with Gasteiger partial charge in [0.25, 0.3) is 0 Å². The molecule has 2 bridgehead atoms. The van der Waals surface area contributed by atoms with Gasteiger partial charge in [0.1, 0.15) is 6.10 Å². The molecule has 5 atom stereocenters. The Kier molecular flexibility index (Phi) is 3.38. The molecule has 2 saturated carbocycles. The number of hydrogen-bond donors (Lipinski definition) is 2. The summed E-state index contributed by atoms with van der Waals surface area (Å²) in [7, 11) is 0. The number of likely N-dealkylation sites (tertiary alicyclic amines) is 1. The molecule has 150 valence electrons. The van der Waals surface area contributed by atoms with E-state index in [1.54, 1.807) is 6.07 Å². The Morgan fingerprint density at radius 2 is 2.14 bits per heavy atom. The van der Waals surface area contributed by atoms with E-state index in [0.717, 1.165) is 43.0 Å². The summed E-state index contributed by atoms with van der Waals surface area (Å²) in [4.78, 5) is 14.1. The third-order valence-corrected chi connectivity index (χ3v) is 7.97. The van der Waals surface area contributed by atoms with Crippen LogP contribution in [0.4, 0.5) is 0 Å². The quantitative estimate of drug-likeness (QED) is 0.607. The van der Waals surface area contributed by atoms with Gasteiger partial charge in [0.2, 0.25) is 0 Å². The van der Waals surface area contributed by atoms with Gasteiger partial charge < -0.3 is 19.7 Å². The summed E-state index contributed by atoms with van der Waals surface area (Å²) in [6.45, 7) is 3.35. The molecule has 3 aliphatic carbocycles. The lowest BCUT2D eigenvalue weighted by Gasteiger charge is -2.63. The summed E-state index contributed by atoms with van der Waals surface area (Å²) in [5, 5.41) is 23.0. The lowest BCUT2D eigenvalue weighted by atomic mass is 9.48. The summed E-state index contributed by atoms with van der Waals surface area (Å²) in [5.41, 5.74) is 0.614. The highest BCUT2D eigenvalue weighted by Crippen LogP contribution is 2.65. The molecule has 5 aliphatic rings. The smallest absolute Gasteiger partial charge is 0.308 e. The average Bonchev–Trinajstić information content (AvgIpc) is 3.38. The molecular weight excluding hydrogens is 358 g/mol. The predicted molar refractivity (Wildman–Crippen MR) is 100 cm³/mol. The molecule has 1 spiro atoms. The minimum absolute atomic E-state index is 0.0541. The van der Waals surface area contributed by atoms with Crippen LogP contribution in [0.15, 0.2) is 12.1 Å². The zero-order chi connectivity index (χ0) is 19.3. The van der Waals surface area contributed by atoms with Gasteiger partial charge in [-0.1, -0.05) is 6.07 Å². The Balaban J connectivity index is 1.53. The van der Waals surface area contributed by atoms with Crippen molar-refractivity contribution in [1.82, 2.24) is 4.90 Å². The van der Waals surface area contributed by atoms with Crippen LogP contribution in [-0.2, 0) is 16.6 Å². The summed E-state index contributed by atoms with van der Waals surface area (Å²) in [6, 6.07) is 3.89. The molecule has 0 aromatic heterocycles. The predicted octanol–water partition coefficient (Wildman–Crippen LogP) is 1.54. The van der Waals surface area contributed by atoms with Gasteiger partial charge in [-0.3, -0.25) is 9.69 Å². The number of aliphatic hydroxyl groups is 2. The first kappa shape index (κ1) is 17.2. The summed E-state index contributed by atoms with van der Waals surface area (Å²) < 4.78 is 11.7. The van der Waals surface area contributed by atoms with Crippen molar-refractivity contribution in [1.29, 1.82) is 0 Å². The second-order valence-electron chi connectivity index (χ2n) is 9.47. The van der Waals surface area contributed by atoms with Crippen LogP contribution < -0.4 is 9.47 Å².